The Hall–Kier alpha value is -0.650. The summed E-state index contributed by atoms with van der Waals surface area (Å²) in [4.78, 5) is 4.03. The predicted octanol–water partition coefficient (Wildman–Crippen LogP) is 1.68. The van der Waals surface area contributed by atoms with Crippen LogP contribution in [-0.4, -0.2) is 37.2 Å². The van der Waals surface area contributed by atoms with E-state index in [0.29, 0.717) is 6.04 Å². The molecule has 17 heavy (non-hydrogen) atoms. The molecule has 0 aromatic carbocycles. The Labute approximate surface area is 107 Å². The first-order valence-electron chi connectivity index (χ1n) is 6.51. The molecular formula is C12H22N4S. The van der Waals surface area contributed by atoms with Gasteiger partial charge in [0.15, 0.2) is 0 Å². The van der Waals surface area contributed by atoms with Gasteiger partial charge < -0.3 is 16.0 Å². The number of unbranched alkanes of at least 4 members (excludes halogenated alkanes) is 1. The van der Waals surface area contributed by atoms with Crippen LogP contribution in [0.4, 0.5) is 5.00 Å². The number of nitrogens with one attached hydrogen (secondary N) is 3. The Balaban J connectivity index is 1.39. The fraction of sp³-hybridized carbons (Fsp3) is 0.750. The van der Waals surface area contributed by atoms with Gasteiger partial charge in [-0.2, -0.15) is 0 Å². The normalized spacial score (nSPS) is 19.6. The number of aromatic nitrogens is 1. The third-order valence-corrected chi connectivity index (χ3v) is 3.80. The summed E-state index contributed by atoms with van der Waals surface area (Å²) < 4.78 is 0. The van der Waals surface area contributed by atoms with Gasteiger partial charge in [-0.15, -0.1) is 11.3 Å². The summed E-state index contributed by atoms with van der Waals surface area (Å²) in [7, 11) is 0. The highest BCUT2D eigenvalue weighted by molar-refractivity contribution is 7.13. The average Bonchev–Trinajstić information content (AvgIpc) is 3.00. The van der Waals surface area contributed by atoms with Crippen molar-refractivity contribution >= 4 is 16.3 Å². The van der Waals surface area contributed by atoms with Crippen molar-refractivity contribution in [2.24, 2.45) is 0 Å². The number of nitrogens with zero attached hydrogens (tertiary/aromatic N) is 1. The highest BCUT2D eigenvalue weighted by Gasteiger charge is 2.12. The third kappa shape index (κ3) is 5.02. The van der Waals surface area contributed by atoms with Crippen molar-refractivity contribution < 1.29 is 0 Å². The molecule has 0 bridgehead atoms. The topological polar surface area (TPSA) is 49.0 Å². The van der Waals surface area contributed by atoms with Crippen LogP contribution >= 0.6 is 11.3 Å². The van der Waals surface area contributed by atoms with Crippen molar-refractivity contribution in [2.75, 3.05) is 31.5 Å². The molecule has 1 aromatic heterocycles. The molecule has 1 fully saturated rings. The molecule has 0 amide bonds. The van der Waals surface area contributed by atoms with Crippen molar-refractivity contribution in [1.82, 2.24) is 15.6 Å². The lowest BCUT2D eigenvalue weighted by molar-refractivity contribution is 0.526. The van der Waals surface area contributed by atoms with Crippen LogP contribution in [0, 0.1) is 0 Å². The Morgan fingerprint density at radius 2 is 2.35 bits per heavy atom. The maximum Gasteiger partial charge on any atom is 0.108 e. The van der Waals surface area contributed by atoms with Gasteiger partial charge in [-0.3, -0.25) is 4.98 Å². The Bertz CT molecular complexity index is 283. The van der Waals surface area contributed by atoms with E-state index in [1.54, 1.807) is 11.3 Å². The molecule has 0 aliphatic carbocycles. The molecule has 1 atom stereocenters. The second kappa shape index (κ2) is 7.63. The highest BCUT2D eigenvalue weighted by Crippen LogP contribution is 2.11. The SMILES string of the molecule is c1ncc(NCCCCNCC2CCCN2)s1. The zero-order valence-corrected chi connectivity index (χ0v) is 11.1. The van der Waals surface area contributed by atoms with Crippen LogP contribution < -0.4 is 16.0 Å². The number of anilines is 1. The molecule has 1 unspecified atom stereocenters. The Morgan fingerprint density at radius 1 is 1.41 bits per heavy atom. The maximum atomic E-state index is 4.03. The van der Waals surface area contributed by atoms with Crippen LogP contribution in [0.2, 0.25) is 0 Å². The first-order chi connectivity index (χ1) is 8.45. The fourth-order valence-corrected chi connectivity index (χ4v) is 2.64. The van der Waals surface area contributed by atoms with Crippen molar-refractivity contribution in [3.63, 3.8) is 0 Å². The number of hydrogen-bond acceptors (Lipinski definition) is 5. The van der Waals surface area contributed by atoms with Crippen molar-refractivity contribution in [1.29, 1.82) is 0 Å². The Kier molecular flexibility index (Phi) is 5.75. The van der Waals surface area contributed by atoms with E-state index in [4.69, 9.17) is 0 Å². The smallest absolute Gasteiger partial charge is 0.108 e. The summed E-state index contributed by atoms with van der Waals surface area (Å²) >= 11 is 1.66. The van der Waals surface area contributed by atoms with Gasteiger partial charge in [0.1, 0.15) is 5.00 Å². The van der Waals surface area contributed by atoms with Crippen LogP contribution in [0.3, 0.4) is 0 Å². The zero-order chi connectivity index (χ0) is 11.8. The summed E-state index contributed by atoms with van der Waals surface area (Å²) in [5.41, 5.74) is 1.86. The maximum absolute atomic E-state index is 4.03. The van der Waals surface area contributed by atoms with E-state index in [-0.39, 0.29) is 0 Å². The van der Waals surface area contributed by atoms with E-state index >= 15 is 0 Å². The summed E-state index contributed by atoms with van der Waals surface area (Å²) in [6, 6.07) is 0.713. The minimum absolute atomic E-state index is 0.713. The van der Waals surface area contributed by atoms with E-state index < -0.39 is 0 Å². The number of rotatable bonds is 8. The lowest BCUT2D eigenvalue weighted by Gasteiger charge is -2.11. The summed E-state index contributed by atoms with van der Waals surface area (Å²) in [5.74, 6) is 0. The van der Waals surface area contributed by atoms with Crippen LogP contribution in [-0.2, 0) is 0 Å². The second-order valence-electron chi connectivity index (χ2n) is 4.50. The van der Waals surface area contributed by atoms with Crippen molar-refractivity contribution in [2.45, 2.75) is 31.7 Å². The monoisotopic (exact) mass is 254 g/mol. The summed E-state index contributed by atoms with van der Waals surface area (Å²) in [6.45, 7) is 4.50. The van der Waals surface area contributed by atoms with Gasteiger partial charge in [0.2, 0.25) is 0 Å². The molecule has 1 aliphatic rings. The Morgan fingerprint density at radius 3 is 3.12 bits per heavy atom. The number of hydrogen-bond donors (Lipinski definition) is 3. The van der Waals surface area contributed by atoms with E-state index in [0.717, 1.165) is 19.6 Å². The molecule has 4 nitrogen and oxygen atoms in total. The molecule has 2 heterocycles. The van der Waals surface area contributed by atoms with Gasteiger partial charge >= 0.3 is 0 Å². The van der Waals surface area contributed by atoms with E-state index in [1.807, 2.05) is 11.7 Å². The van der Waals surface area contributed by atoms with Crippen LogP contribution in [0.1, 0.15) is 25.7 Å². The molecule has 2 rings (SSSR count). The van der Waals surface area contributed by atoms with Crippen molar-refractivity contribution in [3.05, 3.63) is 11.7 Å². The van der Waals surface area contributed by atoms with Gasteiger partial charge in [-0.05, 0) is 38.8 Å². The first kappa shape index (κ1) is 12.8. The molecule has 1 aromatic rings. The molecular weight excluding hydrogens is 232 g/mol. The predicted molar refractivity (Wildman–Crippen MR) is 73.7 cm³/mol. The molecule has 96 valence electrons. The fourth-order valence-electron chi connectivity index (χ4n) is 2.10. The average molecular weight is 254 g/mol. The number of thiazole rings is 1. The molecule has 1 saturated heterocycles. The van der Waals surface area contributed by atoms with Crippen molar-refractivity contribution in [3.8, 4) is 0 Å². The summed E-state index contributed by atoms with van der Waals surface area (Å²) in [5, 5.41) is 11.6. The third-order valence-electron chi connectivity index (χ3n) is 3.06. The summed E-state index contributed by atoms with van der Waals surface area (Å²) in [6.07, 6.45) is 7.00. The van der Waals surface area contributed by atoms with Gasteiger partial charge in [0, 0.05) is 19.1 Å². The van der Waals surface area contributed by atoms with E-state index in [1.165, 1.54) is 37.2 Å². The lowest BCUT2D eigenvalue weighted by Crippen LogP contribution is -2.34. The zero-order valence-electron chi connectivity index (χ0n) is 10.2. The largest absolute Gasteiger partial charge is 0.376 e. The van der Waals surface area contributed by atoms with Gasteiger partial charge in [0.25, 0.3) is 0 Å². The van der Waals surface area contributed by atoms with Gasteiger partial charge in [-0.25, -0.2) is 0 Å². The van der Waals surface area contributed by atoms with Crippen LogP contribution in [0.25, 0.3) is 0 Å². The lowest BCUT2D eigenvalue weighted by atomic mass is 10.2. The molecule has 5 heteroatoms. The molecule has 0 saturated carbocycles. The highest BCUT2D eigenvalue weighted by atomic mass is 32.1. The van der Waals surface area contributed by atoms with E-state index in [9.17, 15) is 0 Å². The molecule has 0 spiro atoms. The van der Waals surface area contributed by atoms with Crippen LogP contribution in [0.15, 0.2) is 11.7 Å². The van der Waals surface area contributed by atoms with Gasteiger partial charge in [0.05, 0.1) is 11.7 Å². The minimum Gasteiger partial charge on any atom is -0.376 e. The molecule has 0 radical (unpaired) electrons. The first-order valence-corrected chi connectivity index (χ1v) is 7.39. The van der Waals surface area contributed by atoms with Crippen LogP contribution in [0.5, 0.6) is 0 Å². The van der Waals surface area contributed by atoms with E-state index in [2.05, 4.69) is 20.9 Å². The minimum atomic E-state index is 0.713. The second-order valence-corrected chi connectivity index (χ2v) is 5.38. The van der Waals surface area contributed by atoms with Gasteiger partial charge in [-0.1, -0.05) is 0 Å². The standard InChI is InChI=1S/C12H22N4S/c1(2-6-16-12-9-14-10-17-12)5-13-8-11-4-3-7-15-11/h9-11,13,15-16H,1-8H2. The quantitative estimate of drug-likeness (QED) is 0.618. The molecule has 3 N–H and O–H groups in total. The molecule has 1 aliphatic heterocycles.